The van der Waals surface area contributed by atoms with Gasteiger partial charge in [0.25, 0.3) is 0 Å². The van der Waals surface area contributed by atoms with E-state index in [0.717, 1.165) is 0 Å². The maximum atomic E-state index is 14.5. The van der Waals surface area contributed by atoms with Crippen LogP contribution >= 0.6 is 0 Å². The van der Waals surface area contributed by atoms with Gasteiger partial charge in [-0.2, -0.15) is 8.78 Å². The number of hydrogen-bond acceptors (Lipinski definition) is 3. The average Bonchev–Trinajstić information content (AvgIpc) is 2.33. The molecule has 3 nitrogen and oxygen atoms in total. The molecule has 0 bridgehead atoms. The molecule has 0 spiro atoms. The summed E-state index contributed by atoms with van der Waals surface area (Å²) in [5, 5.41) is 0. The van der Waals surface area contributed by atoms with Gasteiger partial charge in [0, 0.05) is 12.2 Å². The van der Waals surface area contributed by atoms with E-state index in [1.165, 1.54) is 27.7 Å². The highest BCUT2D eigenvalue weighted by Crippen LogP contribution is 2.40. The van der Waals surface area contributed by atoms with Gasteiger partial charge in [-0.3, -0.25) is 0 Å². The summed E-state index contributed by atoms with van der Waals surface area (Å²) in [7, 11) is -5.28. The Balaban J connectivity index is 3.41. The van der Waals surface area contributed by atoms with Crippen molar-refractivity contribution in [2.24, 2.45) is 0 Å². The lowest BCUT2D eigenvalue weighted by molar-refractivity contribution is -0.0644. The number of hydrogen-bond donors (Lipinski definition) is 1. The Labute approximate surface area is 126 Å². The van der Waals surface area contributed by atoms with Crippen molar-refractivity contribution in [2.75, 3.05) is 0 Å². The first-order valence-electron chi connectivity index (χ1n) is 6.52. The minimum atomic E-state index is -5.28. The first-order valence-corrected chi connectivity index (χ1v) is 8.28. The molecule has 1 aromatic rings. The summed E-state index contributed by atoms with van der Waals surface area (Å²) in [5.41, 5.74) is -5.86. The highest BCUT2D eigenvalue weighted by Gasteiger charge is 2.65. The van der Waals surface area contributed by atoms with Gasteiger partial charge in [-0.05, 0) is 39.8 Å². The second-order valence-electron chi connectivity index (χ2n) is 5.21. The molecule has 1 N–H and O–H groups in total. The van der Waals surface area contributed by atoms with Crippen LogP contribution in [0.2, 0.25) is 0 Å². The fourth-order valence-electron chi connectivity index (χ4n) is 1.75. The topological polar surface area (TPSA) is 38.7 Å². The van der Waals surface area contributed by atoms with Crippen LogP contribution in [0.4, 0.5) is 22.0 Å². The molecule has 0 heterocycles. The third-order valence-corrected chi connectivity index (χ3v) is 5.21. The summed E-state index contributed by atoms with van der Waals surface area (Å²) < 4.78 is 78.5. The predicted molar refractivity (Wildman–Crippen MR) is 70.6 cm³/mol. The Kier molecular flexibility index (Phi) is 5.71. The van der Waals surface area contributed by atoms with E-state index >= 15 is 0 Å². The van der Waals surface area contributed by atoms with Crippen molar-refractivity contribution in [3.05, 3.63) is 35.1 Å². The second kappa shape index (κ2) is 6.61. The van der Waals surface area contributed by atoms with Crippen molar-refractivity contribution in [3.63, 3.8) is 0 Å². The van der Waals surface area contributed by atoms with Gasteiger partial charge in [0.05, 0.1) is 5.56 Å². The molecule has 0 amide bonds. The van der Waals surface area contributed by atoms with Gasteiger partial charge < -0.3 is 13.6 Å². The predicted octanol–water partition coefficient (Wildman–Crippen LogP) is 3.52. The van der Waals surface area contributed by atoms with Crippen LogP contribution in [0.3, 0.4) is 0 Å². The molecule has 0 saturated heterocycles. The molecule has 0 fully saturated rings. The monoisotopic (exact) mass is 344 g/mol. The summed E-state index contributed by atoms with van der Waals surface area (Å²) >= 11 is 0. The van der Waals surface area contributed by atoms with Crippen molar-refractivity contribution in [1.82, 2.24) is 0 Å². The standard InChI is InChI=1S/C13H17F5O3Si/c1-7(2)20-22(19,21-8(3)4)13(17,18)9-5-6-10(14)12(16)11(9)15/h5-8,19H,1-4H3. The van der Waals surface area contributed by atoms with E-state index in [1.54, 1.807) is 0 Å². The minimum Gasteiger partial charge on any atom is -0.386 e. The van der Waals surface area contributed by atoms with Crippen LogP contribution < -0.4 is 0 Å². The Bertz CT molecular complexity index is 527. The third-order valence-electron chi connectivity index (χ3n) is 2.56. The maximum Gasteiger partial charge on any atom is 0.577 e. The molecule has 1 aromatic carbocycles. The van der Waals surface area contributed by atoms with Gasteiger partial charge in [-0.15, -0.1) is 0 Å². The largest absolute Gasteiger partial charge is 0.577 e. The number of rotatable bonds is 6. The lowest BCUT2D eigenvalue weighted by atomic mass is 10.2. The molecule has 0 aromatic heterocycles. The summed E-state index contributed by atoms with van der Waals surface area (Å²) in [6, 6.07) is 0.709. The lowest BCUT2D eigenvalue weighted by Crippen LogP contribution is -2.59. The van der Waals surface area contributed by atoms with Gasteiger partial charge in [0.1, 0.15) is 0 Å². The summed E-state index contributed by atoms with van der Waals surface area (Å²) in [4.78, 5) is 10.2. The number of halogens is 5. The van der Waals surface area contributed by atoms with E-state index in [4.69, 9.17) is 8.85 Å². The highest BCUT2D eigenvalue weighted by molar-refractivity contribution is 6.61. The zero-order chi connectivity index (χ0) is 17.3. The van der Waals surface area contributed by atoms with Gasteiger partial charge in [0.15, 0.2) is 17.5 Å². The van der Waals surface area contributed by atoms with Crippen molar-refractivity contribution in [3.8, 4) is 0 Å². The first-order chi connectivity index (χ1) is 9.92. The van der Waals surface area contributed by atoms with Crippen LogP contribution in [0.1, 0.15) is 33.3 Å². The molecule has 126 valence electrons. The number of alkyl halides is 2. The fourth-order valence-corrected chi connectivity index (χ4v) is 3.92. The summed E-state index contributed by atoms with van der Waals surface area (Å²) in [6.45, 7) is 5.50. The van der Waals surface area contributed by atoms with Crippen LogP contribution in [-0.2, 0) is 14.4 Å². The van der Waals surface area contributed by atoms with Gasteiger partial charge in [-0.1, -0.05) is 0 Å². The molecule has 0 aliphatic heterocycles. The van der Waals surface area contributed by atoms with E-state index in [1.807, 2.05) is 0 Å². The molecule has 0 atom stereocenters. The Morgan fingerprint density at radius 3 is 1.82 bits per heavy atom. The van der Waals surface area contributed by atoms with E-state index in [2.05, 4.69) is 0 Å². The molecule has 0 radical (unpaired) electrons. The molecular formula is C13H17F5O3Si. The summed E-state index contributed by atoms with van der Waals surface area (Å²) in [5.74, 6) is -5.75. The minimum absolute atomic E-state index is 0.348. The van der Waals surface area contributed by atoms with E-state index in [-0.39, 0.29) is 0 Å². The van der Waals surface area contributed by atoms with Crippen LogP contribution in [0.5, 0.6) is 0 Å². The van der Waals surface area contributed by atoms with Crippen LogP contribution in [0.15, 0.2) is 12.1 Å². The van der Waals surface area contributed by atoms with Crippen LogP contribution in [0.25, 0.3) is 0 Å². The lowest BCUT2D eigenvalue weighted by Gasteiger charge is -2.34. The zero-order valence-electron chi connectivity index (χ0n) is 12.5. The molecule has 0 aliphatic carbocycles. The normalized spacial score (nSPS) is 13.3. The van der Waals surface area contributed by atoms with E-state index in [0.29, 0.717) is 12.1 Å². The molecule has 22 heavy (non-hydrogen) atoms. The van der Waals surface area contributed by atoms with Crippen molar-refractivity contribution < 1.29 is 35.6 Å². The Morgan fingerprint density at radius 2 is 1.41 bits per heavy atom. The average molecular weight is 344 g/mol. The Morgan fingerprint density at radius 1 is 0.955 bits per heavy atom. The molecule has 0 unspecified atom stereocenters. The van der Waals surface area contributed by atoms with Crippen molar-refractivity contribution >= 4 is 8.80 Å². The molecule has 0 saturated carbocycles. The quantitative estimate of drug-likeness (QED) is 0.488. The molecule has 9 heteroatoms. The van der Waals surface area contributed by atoms with Crippen LogP contribution in [-0.4, -0.2) is 25.8 Å². The van der Waals surface area contributed by atoms with Crippen molar-refractivity contribution in [1.29, 1.82) is 0 Å². The van der Waals surface area contributed by atoms with E-state index in [9.17, 15) is 26.7 Å². The zero-order valence-corrected chi connectivity index (χ0v) is 13.5. The summed E-state index contributed by atoms with van der Waals surface area (Å²) in [6.07, 6.45) is -1.70. The first kappa shape index (κ1) is 19.0. The maximum absolute atomic E-state index is 14.5. The SMILES string of the molecule is CC(C)O[Si](O)(OC(C)C)C(F)(F)c1ccc(F)c(F)c1F. The fraction of sp³-hybridized carbons (Fsp3) is 0.538. The van der Waals surface area contributed by atoms with Crippen LogP contribution in [0, 0.1) is 17.5 Å². The third kappa shape index (κ3) is 3.65. The molecule has 1 rings (SSSR count). The van der Waals surface area contributed by atoms with Gasteiger partial charge in [0.2, 0.25) is 0 Å². The van der Waals surface area contributed by atoms with E-state index < -0.39 is 49.6 Å². The second-order valence-corrected chi connectivity index (χ2v) is 7.48. The number of benzene rings is 1. The van der Waals surface area contributed by atoms with Crippen molar-refractivity contribution in [2.45, 2.75) is 45.4 Å². The molecule has 0 aliphatic rings. The van der Waals surface area contributed by atoms with Gasteiger partial charge >= 0.3 is 14.4 Å². The Hall–Kier alpha value is -1.03. The highest BCUT2D eigenvalue weighted by atomic mass is 28.4. The van der Waals surface area contributed by atoms with Gasteiger partial charge in [-0.25, -0.2) is 13.2 Å². The molecular weight excluding hydrogens is 327 g/mol. The smallest absolute Gasteiger partial charge is 0.386 e.